The largest absolute Gasteiger partial charge is 0.335 e. The Bertz CT molecular complexity index is 485. The number of carbonyl (C=O) groups is 1. The van der Waals surface area contributed by atoms with Crippen molar-refractivity contribution in [3.63, 3.8) is 0 Å². The highest BCUT2D eigenvalue weighted by Gasteiger charge is 2.38. The van der Waals surface area contributed by atoms with Crippen molar-refractivity contribution < 1.29 is 4.79 Å². The summed E-state index contributed by atoms with van der Waals surface area (Å²) in [5.74, 6) is 1.06. The van der Waals surface area contributed by atoms with Crippen molar-refractivity contribution >= 4 is 17.5 Å². The van der Waals surface area contributed by atoms with Crippen LogP contribution >= 0.6 is 11.6 Å². The molecule has 1 aliphatic heterocycles. The first-order valence-corrected chi connectivity index (χ1v) is 8.43. The van der Waals surface area contributed by atoms with Crippen LogP contribution in [0, 0.1) is 11.8 Å². The van der Waals surface area contributed by atoms with Gasteiger partial charge in [0.25, 0.3) is 0 Å². The average molecular weight is 307 g/mol. The van der Waals surface area contributed by atoms with E-state index >= 15 is 0 Å². The van der Waals surface area contributed by atoms with Crippen molar-refractivity contribution in [1.29, 1.82) is 0 Å². The summed E-state index contributed by atoms with van der Waals surface area (Å²) in [5, 5.41) is 0.265. The third kappa shape index (κ3) is 3.23. The normalized spacial score (nSPS) is 33.1. The van der Waals surface area contributed by atoms with Crippen molar-refractivity contribution in [2.75, 3.05) is 6.54 Å². The molecule has 1 amide bonds. The maximum atomic E-state index is 12.9. The lowest BCUT2D eigenvalue weighted by atomic mass is 9.87. The van der Waals surface area contributed by atoms with Crippen LogP contribution in [0.3, 0.4) is 0 Å². The minimum Gasteiger partial charge on any atom is -0.335 e. The van der Waals surface area contributed by atoms with Crippen molar-refractivity contribution in [2.45, 2.75) is 50.4 Å². The van der Waals surface area contributed by atoms with E-state index in [2.05, 4.69) is 22.9 Å². The van der Waals surface area contributed by atoms with Crippen LogP contribution in [0.4, 0.5) is 0 Å². The Morgan fingerprint density at radius 3 is 2.76 bits per heavy atom. The van der Waals surface area contributed by atoms with E-state index in [1.54, 1.807) is 6.20 Å². The predicted molar refractivity (Wildman–Crippen MR) is 84.1 cm³/mol. The number of nitrogens with zero attached hydrogens (tertiary/aromatic N) is 2. The Balaban J connectivity index is 1.74. The van der Waals surface area contributed by atoms with E-state index in [0.29, 0.717) is 11.8 Å². The Hall–Kier alpha value is -1.09. The number of alkyl halides is 1. The number of aromatic nitrogens is 1. The van der Waals surface area contributed by atoms with E-state index in [0.717, 1.165) is 38.6 Å². The monoisotopic (exact) mass is 306 g/mol. The predicted octanol–water partition coefficient (Wildman–Crippen LogP) is 3.79. The van der Waals surface area contributed by atoms with Crippen molar-refractivity contribution in [2.24, 2.45) is 11.8 Å². The summed E-state index contributed by atoms with van der Waals surface area (Å²) >= 11 is 6.16. The molecule has 0 radical (unpaired) electrons. The van der Waals surface area contributed by atoms with Crippen LogP contribution in [-0.4, -0.2) is 27.7 Å². The molecular weight excluding hydrogens is 284 g/mol. The Kier molecular flexibility index (Phi) is 4.48. The van der Waals surface area contributed by atoms with Crippen LogP contribution in [0.15, 0.2) is 24.5 Å². The van der Waals surface area contributed by atoms with Crippen molar-refractivity contribution in [1.82, 2.24) is 9.88 Å². The van der Waals surface area contributed by atoms with E-state index in [-0.39, 0.29) is 17.3 Å². The lowest BCUT2D eigenvalue weighted by Gasteiger charge is -2.31. The molecule has 2 aliphatic rings. The molecule has 4 heteroatoms. The molecule has 0 aromatic carbocycles. The van der Waals surface area contributed by atoms with E-state index in [4.69, 9.17) is 11.6 Å². The summed E-state index contributed by atoms with van der Waals surface area (Å²) in [6.45, 7) is 3.10. The van der Waals surface area contributed by atoms with Gasteiger partial charge in [-0.3, -0.25) is 9.78 Å². The molecule has 3 nitrogen and oxygen atoms in total. The lowest BCUT2D eigenvalue weighted by molar-refractivity contribution is -0.137. The highest BCUT2D eigenvalue weighted by molar-refractivity contribution is 6.20. The molecule has 2 fully saturated rings. The second kappa shape index (κ2) is 6.35. The number of carbonyl (C=O) groups excluding carboxylic acids is 1. The number of rotatable bonds is 2. The molecule has 0 N–H and O–H groups in total. The fraction of sp³-hybridized carbons (Fsp3) is 0.647. The molecule has 1 saturated heterocycles. The van der Waals surface area contributed by atoms with Crippen LogP contribution in [0.5, 0.6) is 0 Å². The number of hydrogen-bond donors (Lipinski definition) is 0. The Morgan fingerprint density at radius 2 is 2.10 bits per heavy atom. The minimum atomic E-state index is 0.171. The smallest absolute Gasteiger partial charge is 0.226 e. The Morgan fingerprint density at radius 1 is 1.33 bits per heavy atom. The number of pyridine rings is 1. The molecule has 2 unspecified atom stereocenters. The third-order valence-electron chi connectivity index (χ3n) is 4.87. The van der Waals surface area contributed by atoms with Crippen LogP contribution in [0.1, 0.15) is 50.6 Å². The summed E-state index contributed by atoms with van der Waals surface area (Å²) in [7, 11) is 0. The van der Waals surface area contributed by atoms with Gasteiger partial charge in [-0.15, -0.1) is 11.6 Å². The van der Waals surface area contributed by atoms with Crippen LogP contribution in [0.2, 0.25) is 0 Å². The van der Waals surface area contributed by atoms with Gasteiger partial charge in [-0.2, -0.15) is 0 Å². The number of likely N-dealkylation sites (tertiary alicyclic amines) is 1. The summed E-state index contributed by atoms with van der Waals surface area (Å²) in [5.41, 5.74) is 1.17. The van der Waals surface area contributed by atoms with Crippen LogP contribution in [0.25, 0.3) is 0 Å². The van der Waals surface area contributed by atoms with Gasteiger partial charge in [-0.25, -0.2) is 0 Å². The molecule has 21 heavy (non-hydrogen) atoms. The van der Waals surface area contributed by atoms with E-state index in [9.17, 15) is 4.79 Å². The maximum absolute atomic E-state index is 12.9. The molecule has 1 aromatic rings. The molecule has 1 saturated carbocycles. The van der Waals surface area contributed by atoms with Gasteiger partial charge in [-0.05, 0) is 49.7 Å². The maximum Gasteiger partial charge on any atom is 0.226 e. The van der Waals surface area contributed by atoms with Gasteiger partial charge in [0, 0.05) is 30.2 Å². The topological polar surface area (TPSA) is 33.2 Å². The zero-order chi connectivity index (χ0) is 14.8. The van der Waals surface area contributed by atoms with E-state index in [1.807, 2.05) is 12.3 Å². The molecule has 114 valence electrons. The SMILES string of the molecule is CC1CC(c2cccnc2)N(C(=O)C2CCC(Cl)CC2)C1. The van der Waals surface area contributed by atoms with Gasteiger partial charge >= 0.3 is 0 Å². The van der Waals surface area contributed by atoms with Gasteiger partial charge in [0.15, 0.2) is 0 Å². The number of amides is 1. The third-order valence-corrected chi connectivity index (χ3v) is 5.30. The molecule has 0 bridgehead atoms. The molecule has 1 aromatic heterocycles. The van der Waals surface area contributed by atoms with Gasteiger partial charge in [-0.1, -0.05) is 13.0 Å². The fourth-order valence-electron chi connectivity index (χ4n) is 3.71. The zero-order valence-corrected chi connectivity index (χ0v) is 13.3. The Labute approximate surface area is 131 Å². The first kappa shape index (κ1) is 14.8. The van der Waals surface area contributed by atoms with Crippen LogP contribution < -0.4 is 0 Å². The van der Waals surface area contributed by atoms with E-state index < -0.39 is 0 Å². The quantitative estimate of drug-likeness (QED) is 0.779. The molecular formula is C17H23ClN2O. The fourth-order valence-corrected chi connectivity index (χ4v) is 3.96. The summed E-state index contributed by atoms with van der Waals surface area (Å²) in [6, 6.07) is 4.25. The first-order chi connectivity index (χ1) is 10.1. The van der Waals surface area contributed by atoms with Gasteiger partial charge in [0.1, 0.15) is 0 Å². The summed E-state index contributed by atoms with van der Waals surface area (Å²) in [4.78, 5) is 19.2. The standard InChI is InChI=1S/C17H23ClN2O/c1-12-9-16(14-3-2-8-19-10-14)20(11-12)17(21)13-4-6-15(18)7-5-13/h2-3,8,10,12-13,15-16H,4-7,9,11H2,1H3. The van der Waals surface area contributed by atoms with Gasteiger partial charge in [0.05, 0.1) is 6.04 Å². The zero-order valence-electron chi connectivity index (χ0n) is 12.5. The van der Waals surface area contributed by atoms with Crippen molar-refractivity contribution in [3.05, 3.63) is 30.1 Å². The second-order valence-corrected chi connectivity index (χ2v) is 7.20. The molecule has 0 spiro atoms. The highest BCUT2D eigenvalue weighted by atomic mass is 35.5. The van der Waals surface area contributed by atoms with Gasteiger partial charge < -0.3 is 4.90 Å². The minimum absolute atomic E-state index is 0.171. The number of hydrogen-bond acceptors (Lipinski definition) is 2. The summed E-state index contributed by atoms with van der Waals surface area (Å²) in [6.07, 6.45) is 8.56. The second-order valence-electron chi connectivity index (χ2n) is 6.58. The molecule has 2 atom stereocenters. The van der Waals surface area contributed by atoms with Gasteiger partial charge in [0.2, 0.25) is 5.91 Å². The molecule has 3 rings (SSSR count). The average Bonchev–Trinajstić information content (AvgIpc) is 2.90. The molecule has 1 aliphatic carbocycles. The summed E-state index contributed by atoms with van der Waals surface area (Å²) < 4.78 is 0. The van der Waals surface area contributed by atoms with Crippen molar-refractivity contribution in [3.8, 4) is 0 Å². The lowest BCUT2D eigenvalue weighted by Crippen LogP contribution is -2.37. The van der Waals surface area contributed by atoms with E-state index in [1.165, 1.54) is 5.56 Å². The first-order valence-electron chi connectivity index (χ1n) is 7.99. The number of halogens is 1. The molecule has 2 heterocycles. The highest BCUT2D eigenvalue weighted by Crippen LogP contribution is 2.38. The van der Waals surface area contributed by atoms with Crippen LogP contribution in [-0.2, 0) is 4.79 Å².